The smallest absolute Gasteiger partial charge is 0.137 e. The van der Waals surface area contributed by atoms with E-state index in [4.69, 9.17) is 10.5 Å². The van der Waals surface area contributed by atoms with Crippen LogP contribution in [0.25, 0.3) is 0 Å². The van der Waals surface area contributed by atoms with Gasteiger partial charge < -0.3 is 10.5 Å². The standard InChI is InChI=1S/C14H13BrFNO2S/c1-19-13-7-10(17)3-5-14(13)20(18)8-9-2-4-12(16)11(15)6-9/h2-7H,8,17H2,1H3. The first kappa shape index (κ1) is 15.0. The van der Waals surface area contributed by atoms with Crippen molar-refractivity contribution in [2.75, 3.05) is 12.8 Å². The molecule has 0 aliphatic heterocycles. The first-order valence-corrected chi connectivity index (χ1v) is 7.88. The molecule has 0 radical (unpaired) electrons. The van der Waals surface area contributed by atoms with Crippen LogP contribution in [0.15, 0.2) is 45.8 Å². The highest BCUT2D eigenvalue weighted by molar-refractivity contribution is 9.10. The zero-order chi connectivity index (χ0) is 14.7. The molecule has 2 aromatic carbocycles. The predicted molar refractivity (Wildman–Crippen MR) is 81.6 cm³/mol. The predicted octanol–water partition coefficient (Wildman–Crippen LogP) is 3.49. The van der Waals surface area contributed by atoms with Gasteiger partial charge in [-0.3, -0.25) is 4.21 Å². The summed E-state index contributed by atoms with van der Waals surface area (Å²) < 4.78 is 31.1. The zero-order valence-corrected chi connectivity index (χ0v) is 13.1. The van der Waals surface area contributed by atoms with E-state index in [2.05, 4.69) is 15.9 Å². The maximum atomic E-state index is 13.2. The van der Waals surface area contributed by atoms with Crippen molar-refractivity contribution in [1.82, 2.24) is 0 Å². The second-order valence-corrected chi connectivity index (χ2v) is 6.42. The van der Waals surface area contributed by atoms with Crippen molar-refractivity contribution in [2.45, 2.75) is 10.6 Å². The second kappa shape index (κ2) is 6.37. The lowest BCUT2D eigenvalue weighted by atomic mass is 10.2. The van der Waals surface area contributed by atoms with Crippen LogP contribution in [-0.4, -0.2) is 11.3 Å². The normalized spacial score (nSPS) is 12.2. The van der Waals surface area contributed by atoms with Crippen LogP contribution in [0.2, 0.25) is 0 Å². The van der Waals surface area contributed by atoms with Crippen molar-refractivity contribution in [1.29, 1.82) is 0 Å². The van der Waals surface area contributed by atoms with E-state index in [0.717, 1.165) is 5.56 Å². The minimum absolute atomic E-state index is 0.277. The molecular formula is C14H13BrFNO2S. The summed E-state index contributed by atoms with van der Waals surface area (Å²) in [6, 6.07) is 9.57. The monoisotopic (exact) mass is 357 g/mol. The summed E-state index contributed by atoms with van der Waals surface area (Å²) in [5, 5.41) is 0. The van der Waals surface area contributed by atoms with Crippen LogP contribution in [0.4, 0.5) is 10.1 Å². The highest BCUT2D eigenvalue weighted by atomic mass is 79.9. The van der Waals surface area contributed by atoms with Crippen LogP contribution in [0.3, 0.4) is 0 Å². The number of nitrogens with two attached hydrogens (primary N) is 1. The van der Waals surface area contributed by atoms with Crippen LogP contribution < -0.4 is 10.5 Å². The number of anilines is 1. The average Bonchev–Trinajstić information content (AvgIpc) is 2.42. The first-order valence-electron chi connectivity index (χ1n) is 5.77. The molecule has 0 bridgehead atoms. The van der Waals surface area contributed by atoms with E-state index in [1.165, 1.54) is 13.2 Å². The van der Waals surface area contributed by atoms with Crippen molar-refractivity contribution in [2.24, 2.45) is 0 Å². The van der Waals surface area contributed by atoms with Crippen molar-refractivity contribution >= 4 is 32.4 Å². The minimum Gasteiger partial charge on any atom is -0.495 e. The third-order valence-electron chi connectivity index (χ3n) is 2.71. The number of hydrogen-bond acceptors (Lipinski definition) is 3. The molecule has 0 fully saturated rings. The van der Waals surface area contributed by atoms with Gasteiger partial charge in [0.1, 0.15) is 11.6 Å². The highest BCUT2D eigenvalue weighted by Gasteiger charge is 2.12. The highest BCUT2D eigenvalue weighted by Crippen LogP contribution is 2.27. The second-order valence-electron chi connectivity index (χ2n) is 4.15. The summed E-state index contributed by atoms with van der Waals surface area (Å²) in [7, 11) is 0.211. The van der Waals surface area contributed by atoms with E-state index in [1.807, 2.05) is 0 Å². The van der Waals surface area contributed by atoms with Crippen LogP contribution in [-0.2, 0) is 16.6 Å². The van der Waals surface area contributed by atoms with Gasteiger partial charge in [0.15, 0.2) is 0 Å². The van der Waals surface area contributed by atoms with Crippen molar-refractivity contribution in [3.63, 3.8) is 0 Å². The lowest BCUT2D eigenvalue weighted by Gasteiger charge is -2.09. The van der Waals surface area contributed by atoms with Crippen LogP contribution >= 0.6 is 15.9 Å². The van der Waals surface area contributed by atoms with Crippen LogP contribution in [0.5, 0.6) is 5.75 Å². The number of ether oxygens (including phenoxy) is 1. The summed E-state index contributed by atoms with van der Waals surface area (Å²) in [4.78, 5) is 0.571. The average molecular weight is 358 g/mol. The third-order valence-corrected chi connectivity index (χ3v) is 4.75. The van der Waals surface area contributed by atoms with Gasteiger partial charge in [-0.1, -0.05) is 6.07 Å². The molecular weight excluding hydrogens is 345 g/mol. The first-order chi connectivity index (χ1) is 9.51. The quantitative estimate of drug-likeness (QED) is 0.852. The van der Waals surface area contributed by atoms with Gasteiger partial charge in [-0.2, -0.15) is 0 Å². The Labute approximate surface area is 127 Å². The topological polar surface area (TPSA) is 52.3 Å². The van der Waals surface area contributed by atoms with Gasteiger partial charge in [-0.15, -0.1) is 0 Å². The molecule has 0 saturated carbocycles. The molecule has 0 aromatic heterocycles. The summed E-state index contributed by atoms with van der Waals surface area (Å²) >= 11 is 3.11. The Balaban J connectivity index is 2.25. The van der Waals surface area contributed by atoms with E-state index >= 15 is 0 Å². The fourth-order valence-electron chi connectivity index (χ4n) is 1.73. The van der Waals surface area contributed by atoms with Crippen molar-refractivity contribution in [3.05, 3.63) is 52.3 Å². The molecule has 3 nitrogen and oxygen atoms in total. The molecule has 2 N–H and O–H groups in total. The summed E-state index contributed by atoms with van der Waals surface area (Å²) in [5.41, 5.74) is 6.99. The zero-order valence-electron chi connectivity index (χ0n) is 10.7. The van der Waals surface area contributed by atoms with E-state index in [0.29, 0.717) is 20.8 Å². The largest absolute Gasteiger partial charge is 0.495 e. The molecule has 1 atom stereocenters. The Kier molecular flexibility index (Phi) is 4.77. The Bertz CT molecular complexity index is 664. The van der Waals surface area contributed by atoms with Gasteiger partial charge in [0.25, 0.3) is 0 Å². The number of rotatable bonds is 4. The van der Waals surface area contributed by atoms with E-state index in [1.54, 1.807) is 30.3 Å². The Morgan fingerprint density at radius 2 is 2.05 bits per heavy atom. The fourth-order valence-corrected chi connectivity index (χ4v) is 3.38. The SMILES string of the molecule is COc1cc(N)ccc1S(=O)Cc1ccc(F)c(Br)c1. The molecule has 6 heteroatoms. The van der Waals surface area contributed by atoms with Gasteiger partial charge in [0.2, 0.25) is 0 Å². The summed E-state index contributed by atoms with van der Waals surface area (Å²) in [6.45, 7) is 0. The number of hydrogen-bond donors (Lipinski definition) is 1. The molecule has 2 rings (SSSR count). The van der Waals surface area contributed by atoms with Crippen molar-refractivity contribution in [3.8, 4) is 5.75 Å². The van der Waals surface area contributed by atoms with Crippen molar-refractivity contribution < 1.29 is 13.3 Å². The van der Waals surface area contributed by atoms with Gasteiger partial charge in [-0.05, 0) is 45.8 Å². The summed E-state index contributed by atoms with van der Waals surface area (Å²) in [5.74, 6) is 0.424. The minimum atomic E-state index is -1.29. The number of nitrogen functional groups attached to an aromatic ring is 1. The van der Waals surface area contributed by atoms with Gasteiger partial charge in [0, 0.05) is 11.8 Å². The number of benzene rings is 2. The maximum Gasteiger partial charge on any atom is 0.137 e. The van der Waals surface area contributed by atoms with E-state index in [9.17, 15) is 8.60 Å². The molecule has 0 amide bonds. The maximum absolute atomic E-state index is 13.2. The van der Waals surface area contributed by atoms with E-state index < -0.39 is 10.8 Å². The van der Waals surface area contributed by atoms with E-state index in [-0.39, 0.29) is 11.6 Å². The third kappa shape index (κ3) is 3.37. The lowest BCUT2D eigenvalue weighted by Crippen LogP contribution is -2.01. The molecule has 106 valence electrons. The molecule has 20 heavy (non-hydrogen) atoms. The van der Waals surface area contributed by atoms with Gasteiger partial charge >= 0.3 is 0 Å². The summed E-state index contributed by atoms with van der Waals surface area (Å²) in [6.07, 6.45) is 0. The fraction of sp³-hybridized carbons (Fsp3) is 0.143. The lowest BCUT2D eigenvalue weighted by molar-refractivity contribution is 0.404. The Morgan fingerprint density at radius 3 is 2.70 bits per heavy atom. The van der Waals surface area contributed by atoms with Crippen LogP contribution in [0.1, 0.15) is 5.56 Å². The number of halogens is 2. The molecule has 0 saturated heterocycles. The Morgan fingerprint density at radius 1 is 1.30 bits per heavy atom. The van der Waals surface area contributed by atoms with Crippen LogP contribution in [0, 0.1) is 5.82 Å². The molecule has 0 aliphatic rings. The molecule has 2 aromatic rings. The molecule has 0 heterocycles. The molecule has 0 aliphatic carbocycles. The van der Waals surface area contributed by atoms with Gasteiger partial charge in [0.05, 0.1) is 33.0 Å². The molecule has 0 spiro atoms. The molecule has 1 unspecified atom stereocenters. The Hall–Kier alpha value is -1.40. The van der Waals surface area contributed by atoms with Gasteiger partial charge in [-0.25, -0.2) is 4.39 Å². The number of methoxy groups -OCH3 is 1.